The molecular formula is C15H15ClFNO. The van der Waals surface area contributed by atoms with Crippen molar-refractivity contribution in [2.45, 2.75) is 13.1 Å². The summed E-state index contributed by atoms with van der Waals surface area (Å²) in [4.78, 5) is 0. The van der Waals surface area contributed by atoms with Gasteiger partial charge in [-0.15, -0.1) is 0 Å². The van der Waals surface area contributed by atoms with Crippen molar-refractivity contribution in [3.05, 3.63) is 64.4 Å². The number of rotatable bonds is 5. The molecule has 0 radical (unpaired) electrons. The maximum absolute atomic E-state index is 13.9. The van der Waals surface area contributed by atoms with E-state index in [2.05, 4.69) is 5.32 Å². The summed E-state index contributed by atoms with van der Waals surface area (Å²) in [6, 6.07) is 12.7. The number of benzene rings is 2. The Morgan fingerprint density at radius 3 is 2.68 bits per heavy atom. The van der Waals surface area contributed by atoms with E-state index < -0.39 is 0 Å². The zero-order valence-electron chi connectivity index (χ0n) is 10.6. The third-order valence-electron chi connectivity index (χ3n) is 2.80. The highest BCUT2D eigenvalue weighted by Crippen LogP contribution is 2.19. The minimum Gasteiger partial charge on any atom is -0.494 e. The molecule has 0 bridgehead atoms. The molecule has 0 aliphatic carbocycles. The lowest BCUT2D eigenvalue weighted by atomic mass is 10.2. The van der Waals surface area contributed by atoms with Crippen molar-refractivity contribution < 1.29 is 9.13 Å². The summed E-state index contributed by atoms with van der Waals surface area (Å²) >= 11 is 5.90. The normalized spacial score (nSPS) is 10.5. The van der Waals surface area contributed by atoms with Gasteiger partial charge < -0.3 is 10.1 Å². The van der Waals surface area contributed by atoms with Crippen molar-refractivity contribution in [1.29, 1.82) is 0 Å². The van der Waals surface area contributed by atoms with Gasteiger partial charge in [0.05, 0.1) is 7.11 Å². The van der Waals surface area contributed by atoms with Gasteiger partial charge >= 0.3 is 0 Å². The summed E-state index contributed by atoms with van der Waals surface area (Å²) in [6.07, 6.45) is 0. The quantitative estimate of drug-likeness (QED) is 0.899. The van der Waals surface area contributed by atoms with Crippen molar-refractivity contribution >= 4 is 11.6 Å². The minimum atomic E-state index is -0.316. The average molecular weight is 280 g/mol. The van der Waals surface area contributed by atoms with Gasteiger partial charge in [-0.3, -0.25) is 0 Å². The highest BCUT2D eigenvalue weighted by atomic mass is 35.5. The van der Waals surface area contributed by atoms with Crippen LogP contribution in [0.15, 0.2) is 42.5 Å². The SMILES string of the molecule is COc1cccc(CNCc2cccc(Cl)c2)c1F. The van der Waals surface area contributed by atoms with Gasteiger partial charge in [0.25, 0.3) is 0 Å². The Kier molecular flexibility index (Phi) is 4.77. The standard InChI is InChI=1S/C15H15ClFNO/c1-19-14-7-3-5-12(15(14)17)10-18-9-11-4-2-6-13(16)8-11/h2-8,18H,9-10H2,1H3. The zero-order chi connectivity index (χ0) is 13.7. The Morgan fingerprint density at radius 1 is 1.16 bits per heavy atom. The van der Waals surface area contributed by atoms with Gasteiger partial charge in [0, 0.05) is 23.7 Å². The lowest BCUT2D eigenvalue weighted by Crippen LogP contribution is -2.14. The van der Waals surface area contributed by atoms with Gasteiger partial charge in [-0.1, -0.05) is 35.9 Å². The lowest BCUT2D eigenvalue weighted by molar-refractivity contribution is 0.383. The molecule has 0 spiro atoms. The number of hydrogen-bond acceptors (Lipinski definition) is 2. The molecule has 100 valence electrons. The van der Waals surface area contributed by atoms with Crippen LogP contribution in [0.3, 0.4) is 0 Å². The predicted octanol–water partition coefficient (Wildman–Crippen LogP) is 3.78. The van der Waals surface area contributed by atoms with Gasteiger partial charge in [-0.2, -0.15) is 0 Å². The second-order valence-electron chi connectivity index (χ2n) is 4.17. The van der Waals surface area contributed by atoms with Crippen LogP contribution in [0.25, 0.3) is 0 Å². The first kappa shape index (κ1) is 13.8. The molecule has 19 heavy (non-hydrogen) atoms. The second-order valence-corrected chi connectivity index (χ2v) is 4.60. The molecule has 0 heterocycles. The lowest BCUT2D eigenvalue weighted by Gasteiger charge is -2.09. The fourth-order valence-electron chi connectivity index (χ4n) is 1.84. The second kappa shape index (κ2) is 6.55. The Morgan fingerprint density at radius 2 is 1.95 bits per heavy atom. The number of methoxy groups -OCH3 is 1. The molecule has 0 fully saturated rings. The van der Waals surface area contributed by atoms with E-state index in [4.69, 9.17) is 16.3 Å². The molecule has 0 aliphatic rings. The molecule has 1 N–H and O–H groups in total. The molecule has 0 saturated heterocycles. The van der Waals surface area contributed by atoms with E-state index in [9.17, 15) is 4.39 Å². The monoisotopic (exact) mass is 279 g/mol. The fourth-order valence-corrected chi connectivity index (χ4v) is 2.05. The maximum Gasteiger partial charge on any atom is 0.169 e. The van der Waals surface area contributed by atoms with Crippen LogP contribution in [-0.2, 0) is 13.1 Å². The third kappa shape index (κ3) is 3.69. The molecule has 0 atom stereocenters. The number of ether oxygens (including phenoxy) is 1. The Labute approximate surface area is 117 Å². The van der Waals surface area contributed by atoms with Crippen LogP contribution in [0.4, 0.5) is 4.39 Å². The van der Waals surface area contributed by atoms with Crippen molar-refractivity contribution in [3.63, 3.8) is 0 Å². The van der Waals surface area contributed by atoms with Gasteiger partial charge in [0.15, 0.2) is 11.6 Å². The van der Waals surface area contributed by atoms with E-state index in [1.54, 1.807) is 18.2 Å². The van der Waals surface area contributed by atoms with Gasteiger partial charge in [-0.25, -0.2) is 4.39 Å². The molecule has 0 amide bonds. The Balaban J connectivity index is 1.96. The summed E-state index contributed by atoms with van der Waals surface area (Å²) in [6.45, 7) is 1.08. The van der Waals surface area contributed by atoms with Crippen LogP contribution in [0.5, 0.6) is 5.75 Å². The highest BCUT2D eigenvalue weighted by Gasteiger charge is 2.07. The van der Waals surface area contributed by atoms with Crippen molar-refractivity contribution in [1.82, 2.24) is 5.32 Å². The predicted molar refractivity (Wildman–Crippen MR) is 74.9 cm³/mol. The van der Waals surface area contributed by atoms with Crippen molar-refractivity contribution in [3.8, 4) is 5.75 Å². The molecule has 2 nitrogen and oxygen atoms in total. The summed E-state index contributed by atoms with van der Waals surface area (Å²) < 4.78 is 18.8. The number of nitrogens with one attached hydrogen (secondary N) is 1. The summed E-state index contributed by atoms with van der Waals surface area (Å²) in [5.74, 6) is -0.0503. The first-order valence-corrected chi connectivity index (χ1v) is 6.35. The molecule has 2 aromatic rings. The molecule has 0 saturated carbocycles. The van der Waals surface area contributed by atoms with Crippen LogP contribution in [-0.4, -0.2) is 7.11 Å². The fraction of sp³-hybridized carbons (Fsp3) is 0.200. The Bertz CT molecular complexity index is 560. The molecular weight excluding hydrogens is 265 g/mol. The van der Waals surface area contributed by atoms with E-state index in [1.807, 2.05) is 24.3 Å². The van der Waals surface area contributed by atoms with Crippen LogP contribution < -0.4 is 10.1 Å². The highest BCUT2D eigenvalue weighted by molar-refractivity contribution is 6.30. The first-order chi connectivity index (χ1) is 9.20. The summed E-state index contributed by atoms with van der Waals surface area (Å²) in [7, 11) is 1.46. The topological polar surface area (TPSA) is 21.3 Å². The Hall–Kier alpha value is -1.58. The van der Waals surface area contributed by atoms with Crippen LogP contribution in [0.2, 0.25) is 5.02 Å². The average Bonchev–Trinajstić information content (AvgIpc) is 2.41. The maximum atomic E-state index is 13.9. The number of halogens is 2. The van der Waals surface area contributed by atoms with Crippen molar-refractivity contribution in [2.75, 3.05) is 7.11 Å². The van der Waals surface area contributed by atoms with Crippen LogP contribution in [0.1, 0.15) is 11.1 Å². The van der Waals surface area contributed by atoms with E-state index >= 15 is 0 Å². The molecule has 4 heteroatoms. The van der Waals surface area contributed by atoms with Crippen LogP contribution >= 0.6 is 11.6 Å². The molecule has 0 aliphatic heterocycles. The van der Waals surface area contributed by atoms with E-state index in [-0.39, 0.29) is 11.6 Å². The summed E-state index contributed by atoms with van der Waals surface area (Å²) in [5.41, 5.74) is 1.65. The molecule has 2 aromatic carbocycles. The largest absolute Gasteiger partial charge is 0.494 e. The van der Waals surface area contributed by atoms with Crippen molar-refractivity contribution in [2.24, 2.45) is 0 Å². The first-order valence-electron chi connectivity index (χ1n) is 5.97. The van der Waals surface area contributed by atoms with Gasteiger partial charge in [0.2, 0.25) is 0 Å². The van der Waals surface area contributed by atoms with Gasteiger partial charge in [0.1, 0.15) is 0 Å². The van der Waals surface area contributed by atoms with E-state index in [0.717, 1.165) is 5.56 Å². The summed E-state index contributed by atoms with van der Waals surface area (Å²) in [5, 5.41) is 3.88. The van der Waals surface area contributed by atoms with Gasteiger partial charge in [-0.05, 0) is 23.8 Å². The molecule has 0 unspecified atom stereocenters. The van der Waals surface area contributed by atoms with E-state index in [1.165, 1.54) is 7.11 Å². The van der Waals surface area contributed by atoms with Crippen LogP contribution in [0, 0.1) is 5.82 Å². The van der Waals surface area contributed by atoms with E-state index in [0.29, 0.717) is 23.7 Å². The number of hydrogen-bond donors (Lipinski definition) is 1. The third-order valence-corrected chi connectivity index (χ3v) is 3.03. The minimum absolute atomic E-state index is 0.266. The zero-order valence-corrected chi connectivity index (χ0v) is 11.4. The molecule has 2 rings (SSSR count). The molecule has 0 aromatic heterocycles. The smallest absolute Gasteiger partial charge is 0.169 e.